The van der Waals surface area contributed by atoms with E-state index in [9.17, 15) is 14.0 Å². The van der Waals surface area contributed by atoms with Gasteiger partial charge in [-0.1, -0.05) is 18.2 Å². The Morgan fingerprint density at radius 3 is 2.43 bits per heavy atom. The van der Waals surface area contributed by atoms with Crippen molar-refractivity contribution in [2.45, 2.75) is 12.8 Å². The van der Waals surface area contributed by atoms with Crippen molar-refractivity contribution in [2.75, 3.05) is 17.2 Å². The van der Waals surface area contributed by atoms with E-state index in [2.05, 4.69) is 10.6 Å². The second-order valence-corrected chi connectivity index (χ2v) is 4.95. The summed E-state index contributed by atoms with van der Waals surface area (Å²) in [5.41, 5.74) is 6.38. The fourth-order valence-electron chi connectivity index (χ4n) is 1.99. The Morgan fingerprint density at radius 1 is 1.00 bits per heavy atom. The second kappa shape index (κ2) is 8.05. The minimum absolute atomic E-state index is 0.219. The Bertz CT molecular complexity index is 689. The molecule has 0 atom stereocenters. The van der Waals surface area contributed by atoms with E-state index < -0.39 is 5.82 Å². The van der Waals surface area contributed by atoms with Crippen molar-refractivity contribution in [1.82, 2.24) is 0 Å². The van der Waals surface area contributed by atoms with Crippen LogP contribution < -0.4 is 16.4 Å². The molecule has 0 saturated carbocycles. The largest absolute Gasteiger partial charge is 0.330 e. The summed E-state index contributed by atoms with van der Waals surface area (Å²) in [5, 5.41) is 5.26. The van der Waals surface area contributed by atoms with Crippen molar-refractivity contribution >= 4 is 23.2 Å². The van der Waals surface area contributed by atoms with E-state index >= 15 is 0 Å². The molecule has 0 unspecified atom stereocenters. The van der Waals surface area contributed by atoms with Crippen molar-refractivity contribution in [1.29, 1.82) is 0 Å². The highest BCUT2D eigenvalue weighted by Crippen LogP contribution is 2.23. The molecule has 0 fully saturated rings. The summed E-state index contributed by atoms with van der Waals surface area (Å²) in [6, 6.07) is 12.4. The molecule has 5 nitrogen and oxygen atoms in total. The van der Waals surface area contributed by atoms with Gasteiger partial charge in [-0.15, -0.1) is 0 Å². The SMILES string of the molecule is NCCCC(=O)Nc1cc(F)ccc1NC(=O)c1ccccc1. The van der Waals surface area contributed by atoms with Crippen LogP contribution in [0.2, 0.25) is 0 Å². The van der Waals surface area contributed by atoms with Gasteiger partial charge in [-0.2, -0.15) is 0 Å². The van der Waals surface area contributed by atoms with Crippen molar-refractivity contribution in [3.8, 4) is 0 Å². The fourth-order valence-corrected chi connectivity index (χ4v) is 1.99. The third kappa shape index (κ3) is 4.89. The maximum atomic E-state index is 13.4. The smallest absolute Gasteiger partial charge is 0.255 e. The molecule has 0 spiro atoms. The molecule has 2 aromatic rings. The lowest BCUT2D eigenvalue weighted by atomic mass is 10.2. The van der Waals surface area contributed by atoms with E-state index in [4.69, 9.17) is 5.73 Å². The number of hydrogen-bond acceptors (Lipinski definition) is 3. The maximum absolute atomic E-state index is 13.4. The van der Waals surface area contributed by atoms with Crippen LogP contribution in [0.3, 0.4) is 0 Å². The molecule has 0 heterocycles. The standard InChI is InChI=1S/C17H18FN3O2/c18-13-8-9-14(15(11-13)20-16(22)7-4-10-19)21-17(23)12-5-2-1-3-6-12/h1-3,5-6,8-9,11H,4,7,10,19H2,(H,20,22)(H,21,23). The van der Waals surface area contributed by atoms with Crippen LogP contribution in [-0.4, -0.2) is 18.4 Å². The van der Waals surface area contributed by atoms with Gasteiger partial charge >= 0.3 is 0 Å². The zero-order chi connectivity index (χ0) is 16.7. The van der Waals surface area contributed by atoms with Gasteiger partial charge in [0.1, 0.15) is 5.82 Å². The lowest BCUT2D eigenvalue weighted by Crippen LogP contribution is -2.17. The van der Waals surface area contributed by atoms with Gasteiger partial charge in [0.2, 0.25) is 5.91 Å². The molecule has 0 bridgehead atoms. The highest BCUT2D eigenvalue weighted by atomic mass is 19.1. The number of nitrogens with two attached hydrogens (primary N) is 1. The van der Waals surface area contributed by atoms with Crippen LogP contribution in [0.15, 0.2) is 48.5 Å². The predicted octanol–water partition coefficient (Wildman–Crippen LogP) is 2.76. The molecule has 2 amide bonds. The van der Waals surface area contributed by atoms with Gasteiger partial charge < -0.3 is 16.4 Å². The molecular formula is C17H18FN3O2. The van der Waals surface area contributed by atoms with E-state index in [0.717, 1.165) is 0 Å². The highest BCUT2D eigenvalue weighted by molar-refractivity contribution is 6.07. The van der Waals surface area contributed by atoms with Crippen molar-refractivity contribution in [2.24, 2.45) is 5.73 Å². The first-order chi connectivity index (χ1) is 11.1. The normalized spacial score (nSPS) is 10.2. The van der Waals surface area contributed by atoms with Crippen LogP contribution in [0, 0.1) is 5.82 Å². The van der Waals surface area contributed by atoms with Crippen LogP contribution in [0.25, 0.3) is 0 Å². The number of rotatable bonds is 6. The predicted molar refractivity (Wildman–Crippen MR) is 87.7 cm³/mol. The molecule has 2 aromatic carbocycles. The van der Waals surface area contributed by atoms with E-state index in [1.54, 1.807) is 30.3 Å². The molecule has 4 N–H and O–H groups in total. The number of halogens is 1. The number of hydrogen-bond donors (Lipinski definition) is 3. The quantitative estimate of drug-likeness (QED) is 0.766. The summed E-state index contributed by atoms with van der Waals surface area (Å²) in [4.78, 5) is 24.0. The van der Waals surface area contributed by atoms with Gasteiger partial charge in [-0.25, -0.2) is 4.39 Å². The molecule has 0 saturated heterocycles. The number of carbonyl (C=O) groups is 2. The van der Waals surface area contributed by atoms with Gasteiger partial charge in [0.05, 0.1) is 11.4 Å². The number of benzene rings is 2. The van der Waals surface area contributed by atoms with Gasteiger partial charge in [0.15, 0.2) is 0 Å². The molecule has 0 aliphatic rings. The van der Waals surface area contributed by atoms with Crippen molar-refractivity contribution in [3.63, 3.8) is 0 Å². The fraction of sp³-hybridized carbons (Fsp3) is 0.176. The molecule has 120 valence electrons. The lowest BCUT2D eigenvalue weighted by Gasteiger charge is -2.12. The molecule has 6 heteroatoms. The first kappa shape index (κ1) is 16.6. The molecule has 0 radical (unpaired) electrons. The zero-order valence-corrected chi connectivity index (χ0v) is 12.5. The molecule has 0 aliphatic heterocycles. The monoisotopic (exact) mass is 315 g/mol. The van der Waals surface area contributed by atoms with Gasteiger partial charge in [0, 0.05) is 12.0 Å². The minimum Gasteiger partial charge on any atom is -0.330 e. The Morgan fingerprint density at radius 2 is 1.74 bits per heavy atom. The van der Waals surface area contributed by atoms with Crippen LogP contribution in [0.1, 0.15) is 23.2 Å². The molecule has 23 heavy (non-hydrogen) atoms. The Balaban J connectivity index is 2.15. The van der Waals surface area contributed by atoms with E-state index in [-0.39, 0.29) is 23.9 Å². The summed E-state index contributed by atoms with van der Waals surface area (Å²) in [7, 11) is 0. The van der Waals surface area contributed by atoms with E-state index in [0.29, 0.717) is 24.2 Å². The van der Waals surface area contributed by atoms with E-state index in [1.165, 1.54) is 18.2 Å². The summed E-state index contributed by atoms with van der Waals surface area (Å²) in [6.07, 6.45) is 0.770. The minimum atomic E-state index is -0.503. The Kier molecular flexibility index (Phi) is 5.82. The van der Waals surface area contributed by atoms with Crippen LogP contribution in [0.5, 0.6) is 0 Å². The summed E-state index contributed by atoms with van der Waals surface area (Å²) >= 11 is 0. The lowest BCUT2D eigenvalue weighted by molar-refractivity contribution is -0.116. The summed E-state index contributed by atoms with van der Waals surface area (Å²) in [5.74, 6) is -1.12. The third-order valence-corrected chi connectivity index (χ3v) is 3.15. The molecular weight excluding hydrogens is 297 g/mol. The number of nitrogens with one attached hydrogen (secondary N) is 2. The van der Waals surface area contributed by atoms with Gasteiger partial charge in [-0.3, -0.25) is 9.59 Å². The Hall–Kier alpha value is -2.73. The van der Waals surface area contributed by atoms with Crippen LogP contribution in [0.4, 0.5) is 15.8 Å². The summed E-state index contributed by atoms with van der Waals surface area (Å²) < 4.78 is 13.4. The number of amides is 2. The average molecular weight is 315 g/mol. The number of carbonyl (C=O) groups excluding carboxylic acids is 2. The topological polar surface area (TPSA) is 84.2 Å². The second-order valence-electron chi connectivity index (χ2n) is 4.95. The molecule has 2 rings (SSSR count). The van der Waals surface area contributed by atoms with E-state index in [1.807, 2.05) is 0 Å². The first-order valence-corrected chi connectivity index (χ1v) is 7.26. The maximum Gasteiger partial charge on any atom is 0.255 e. The molecule has 0 aromatic heterocycles. The van der Waals surface area contributed by atoms with Gasteiger partial charge in [-0.05, 0) is 43.3 Å². The van der Waals surface area contributed by atoms with Gasteiger partial charge in [0.25, 0.3) is 5.91 Å². The van der Waals surface area contributed by atoms with Crippen molar-refractivity contribution in [3.05, 3.63) is 59.9 Å². The zero-order valence-electron chi connectivity index (χ0n) is 12.5. The first-order valence-electron chi connectivity index (χ1n) is 7.26. The number of anilines is 2. The van der Waals surface area contributed by atoms with Crippen LogP contribution in [-0.2, 0) is 4.79 Å². The average Bonchev–Trinajstić information content (AvgIpc) is 2.56. The van der Waals surface area contributed by atoms with Crippen molar-refractivity contribution < 1.29 is 14.0 Å². The summed E-state index contributed by atoms with van der Waals surface area (Å²) in [6.45, 7) is 0.397. The third-order valence-electron chi connectivity index (χ3n) is 3.15. The highest BCUT2D eigenvalue weighted by Gasteiger charge is 2.12. The van der Waals surface area contributed by atoms with Crippen LogP contribution >= 0.6 is 0 Å². The molecule has 0 aliphatic carbocycles. The Labute approximate surface area is 133 Å².